The fourth-order valence-corrected chi connectivity index (χ4v) is 2.51. The molecule has 1 aromatic heterocycles. The van der Waals surface area contributed by atoms with Crippen LogP contribution in [0, 0.1) is 3.95 Å². The van der Waals surface area contributed by atoms with Crippen molar-refractivity contribution in [2.75, 3.05) is 6.61 Å². The Kier molecular flexibility index (Phi) is 2.44. The number of hydrogen-bond donors (Lipinski definition) is 2. The molecule has 1 heterocycles. The summed E-state index contributed by atoms with van der Waals surface area (Å²) in [5.41, 5.74) is 2.21. The van der Waals surface area contributed by atoms with Gasteiger partial charge in [-0.1, -0.05) is 12.1 Å². The van der Waals surface area contributed by atoms with Crippen molar-refractivity contribution < 1.29 is 5.11 Å². The van der Waals surface area contributed by atoms with E-state index in [2.05, 4.69) is 4.98 Å². The molecule has 0 bridgehead atoms. The van der Waals surface area contributed by atoms with E-state index in [1.165, 1.54) is 0 Å². The van der Waals surface area contributed by atoms with Crippen molar-refractivity contribution in [2.45, 2.75) is 6.42 Å². The van der Waals surface area contributed by atoms with Gasteiger partial charge in [-0.2, -0.15) is 0 Å². The summed E-state index contributed by atoms with van der Waals surface area (Å²) in [7, 11) is 0. The third-order valence-electron chi connectivity index (χ3n) is 1.92. The van der Waals surface area contributed by atoms with E-state index in [0.29, 0.717) is 6.42 Å². The number of benzene rings is 1. The summed E-state index contributed by atoms with van der Waals surface area (Å²) in [5.74, 6) is 0. The molecule has 0 spiro atoms. The zero-order chi connectivity index (χ0) is 9.26. The Bertz CT molecular complexity index is 472. The van der Waals surface area contributed by atoms with Gasteiger partial charge in [0.15, 0.2) is 3.95 Å². The molecule has 0 aliphatic rings. The summed E-state index contributed by atoms with van der Waals surface area (Å²) in [5, 5.41) is 8.85. The van der Waals surface area contributed by atoms with Crippen LogP contribution >= 0.6 is 23.6 Å². The molecule has 2 rings (SSSR count). The summed E-state index contributed by atoms with van der Waals surface area (Å²) >= 11 is 6.63. The first-order chi connectivity index (χ1) is 6.31. The van der Waals surface area contributed by atoms with E-state index in [0.717, 1.165) is 19.7 Å². The number of fused-ring (bicyclic) bond motifs is 1. The second kappa shape index (κ2) is 3.57. The Morgan fingerprint density at radius 1 is 1.46 bits per heavy atom. The molecule has 1 aromatic carbocycles. The zero-order valence-corrected chi connectivity index (χ0v) is 8.54. The average Bonchev–Trinajstić information content (AvgIpc) is 2.47. The topological polar surface area (TPSA) is 36.0 Å². The molecule has 4 heteroatoms. The molecule has 0 atom stereocenters. The van der Waals surface area contributed by atoms with Crippen LogP contribution in [0.2, 0.25) is 0 Å². The summed E-state index contributed by atoms with van der Waals surface area (Å²) in [4.78, 5) is 3.13. The van der Waals surface area contributed by atoms with Gasteiger partial charge in [-0.15, -0.1) is 11.3 Å². The van der Waals surface area contributed by atoms with Gasteiger partial charge >= 0.3 is 0 Å². The minimum Gasteiger partial charge on any atom is -0.396 e. The van der Waals surface area contributed by atoms with E-state index in [9.17, 15) is 0 Å². The first kappa shape index (κ1) is 8.87. The maximum Gasteiger partial charge on any atom is 0.159 e. The molecular weight excluding hydrogens is 202 g/mol. The summed E-state index contributed by atoms with van der Waals surface area (Å²) < 4.78 is 1.95. The van der Waals surface area contributed by atoms with Crippen molar-refractivity contribution in [1.82, 2.24) is 4.98 Å². The van der Waals surface area contributed by atoms with Crippen LogP contribution in [0.5, 0.6) is 0 Å². The van der Waals surface area contributed by atoms with Crippen molar-refractivity contribution in [3.05, 3.63) is 27.7 Å². The van der Waals surface area contributed by atoms with Crippen LogP contribution in [0.1, 0.15) is 5.56 Å². The summed E-state index contributed by atoms with van der Waals surface area (Å²) in [6.07, 6.45) is 0.680. The maximum atomic E-state index is 8.85. The minimum absolute atomic E-state index is 0.176. The lowest BCUT2D eigenvalue weighted by Gasteiger charge is -1.98. The van der Waals surface area contributed by atoms with Gasteiger partial charge in [-0.3, -0.25) is 0 Å². The number of aliphatic hydroxyl groups excluding tert-OH is 1. The molecule has 0 amide bonds. The monoisotopic (exact) mass is 211 g/mol. The molecule has 0 radical (unpaired) electrons. The highest BCUT2D eigenvalue weighted by Crippen LogP contribution is 2.22. The highest BCUT2D eigenvalue weighted by Gasteiger charge is 2.01. The third kappa shape index (κ3) is 1.65. The molecule has 2 nitrogen and oxygen atoms in total. The number of hydrogen-bond acceptors (Lipinski definition) is 3. The predicted molar refractivity (Wildman–Crippen MR) is 57.8 cm³/mol. The Morgan fingerprint density at radius 3 is 3.08 bits per heavy atom. The van der Waals surface area contributed by atoms with E-state index in [4.69, 9.17) is 17.3 Å². The van der Waals surface area contributed by atoms with E-state index >= 15 is 0 Å². The number of para-hydroxylation sites is 1. The van der Waals surface area contributed by atoms with Gasteiger partial charge in [0, 0.05) is 6.61 Å². The SMILES string of the molecule is OCCc1cccc2sc(=S)[nH]c12. The Morgan fingerprint density at radius 2 is 2.31 bits per heavy atom. The first-order valence-electron chi connectivity index (χ1n) is 4.03. The normalized spacial score (nSPS) is 10.8. The molecule has 0 saturated heterocycles. The lowest BCUT2D eigenvalue weighted by Crippen LogP contribution is -1.91. The predicted octanol–water partition coefficient (Wildman–Crippen LogP) is 2.49. The van der Waals surface area contributed by atoms with Gasteiger partial charge in [0.1, 0.15) is 0 Å². The lowest BCUT2D eigenvalue weighted by molar-refractivity contribution is 0.300. The lowest BCUT2D eigenvalue weighted by atomic mass is 10.1. The molecule has 0 aliphatic heterocycles. The summed E-state index contributed by atoms with van der Waals surface area (Å²) in [6.45, 7) is 0.176. The number of aromatic nitrogens is 1. The van der Waals surface area contributed by atoms with Crippen molar-refractivity contribution in [2.24, 2.45) is 0 Å². The van der Waals surface area contributed by atoms with Crippen LogP contribution in [0.15, 0.2) is 18.2 Å². The molecule has 13 heavy (non-hydrogen) atoms. The van der Waals surface area contributed by atoms with Gasteiger partial charge in [-0.05, 0) is 30.3 Å². The van der Waals surface area contributed by atoms with Crippen LogP contribution < -0.4 is 0 Å². The van der Waals surface area contributed by atoms with E-state index in [1.807, 2.05) is 18.2 Å². The van der Waals surface area contributed by atoms with Crippen molar-refractivity contribution in [3.8, 4) is 0 Å². The fourth-order valence-electron chi connectivity index (χ4n) is 1.36. The standard InChI is InChI=1S/C9H9NOS2/c11-5-4-6-2-1-3-7-8(6)10-9(12)13-7/h1-3,11H,4-5H2,(H,10,12). The molecule has 0 unspecified atom stereocenters. The molecule has 2 N–H and O–H groups in total. The molecule has 68 valence electrons. The largest absolute Gasteiger partial charge is 0.396 e. The van der Waals surface area contributed by atoms with Crippen LogP contribution in [0.4, 0.5) is 0 Å². The van der Waals surface area contributed by atoms with Crippen molar-refractivity contribution >= 4 is 33.8 Å². The van der Waals surface area contributed by atoms with Gasteiger partial charge in [0.2, 0.25) is 0 Å². The number of thiazole rings is 1. The Balaban J connectivity index is 2.67. The van der Waals surface area contributed by atoms with Crippen LogP contribution in [0.3, 0.4) is 0 Å². The van der Waals surface area contributed by atoms with E-state index in [-0.39, 0.29) is 6.61 Å². The third-order valence-corrected chi connectivity index (χ3v) is 3.12. The smallest absolute Gasteiger partial charge is 0.159 e. The highest BCUT2D eigenvalue weighted by molar-refractivity contribution is 7.73. The second-order valence-electron chi connectivity index (χ2n) is 2.78. The molecule has 2 aromatic rings. The Labute approximate surface area is 84.9 Å². The molecular formula is C9H9NOS2. The highest BCUT2D eigenvalue weighted by atomic mass is 32.1. The van der Waals surface area contributed by atoms with Crippen LogP contribution in [-0.4, -0.2) is 16.7 Å². The number of aliphatic hydroxyl groups is 1. The average molecular weight is 211 g/mol. The van der Waals surface area contributed by atoms with E-state index in [1.54, 1.807) is 11.3 Å². The van der Waals surface area contributed by atoms with Gasteiger partial charge in [0.25, 0.3) is 0 Å². The van der Waals surface area contributed by atoms with E-state index < -0.39 is 0 Å². The molecule has 0 saturated carbocycles. The fraction of sp³-hybridized carbons (Fsp3) is 0.222. The summed E-state index contributed by atoms with van der Waals surface area (Å²) in [6, 6.07) is 6.04. The zero-order valence-electron chi connectivity index (χ0n) is 6.91. The minimum atomic E-state index is 0.176. The number of nitrogens with one attached hydrogen (secondary N) is 1. The first-order valence-corrected chi connectivity index (χ1v) is 5.25. The second-order valence-corrected chi connectivity index (χ2v) is 4.50. The van der Waals surface area contributed by atoms with Crippen LogP contribution in [0.25, 0.3) is 10.2 Å². The van der Waals surface area contributed by atoms with Crippen molar-refractivity contribution in [1.29, 1.82) is 0 Å². The van der Waals surface area contributed by atoms with Gasteiger partial charge in [-0.25, -0.2) is 0 Å². The van der Waals surface area contributed by atoms with Gasteiger partial charge in [0.05, 0.1) is 10.2 Å². The molecule has 0 aliphatic carbocycles. The van der Waals surface area contributed by atoms with Crippen molar-refractivity contribution in [3.63, 3.8) is 0 Å². The maximum absolute atomic E-state index is 8.85. The number of aromatic amines is 1. The van der Waals surface area contributed by atoms with Crippen LogP contribution in [-0.2, 0) is 6.42 Å². The molecule has 0 fully saturated rings. The number of rotatable bonds is 2. The quantitative estimate of drug-likeness (QED) is 0.749. The number of H-pyrrole nitrogens is 1. The van der Waals surface area contributed by atoms with Gasteiger partial charge < -0.3 is 10.1 Å². The Hall–Kier alpha value is -0.710.